The van der Waals surface area contributed by atoms with E-state index >= 15 is 0 Å². The molecule has 1 aromatic heterocycles. The van der Waals surface area contributed by atoms with Crippen molar-refractivity contribution in [2.45, 2.75) is 32.2 Å². The summed E-state index contributed by atoms with van der Waals surface area (Å²) in [5.41, 5.74) is 2.97. The van der Waals surface area contributed by atoms with Crippen LogP contribution in [0.2, 0.25) is 0 Å². The third-order valence-corrected chi connectivity index (χ3v) is 4.56. The average molecular weight is 261 g/mol. The zero-order valence-electron chi connectivity index (χ0n) is 10.4. The van der Waals surface area contributed by atoms with Gasteiger partial charge in [0.25, 0.3) is 0 Å². The molecule has 0 saturated heterocycles. The van der Waals surface area contributed by atoms with Gasteiger partial charge in [0, 0.05) is 10.6 Å². The van der Waals surface area contributed by atoms with Gasteiger partial charge in [-0.3, -0.25) is 0 Å². The van der Waals surface area contributed by atoms with E-state index in [2.05, 4.69) is 16.8 Å². The van der Waals surface area contributed by atoms with Crippen molar-refractivity contribution in [1.82, 2.24) is 0 Å². The van der Waals surface area contributed by atoms with Gasteiger partial charge in [0.2, 0.25) is 0 Å². The summed E-state index contributed by atoms with van der Waals surface area (Å²) >= 11 is 1.83. The topological polar surface area (TPSA) is 12.0 Å². The molecule has 1 nitrogen and oxygen atoms in total. The standard InChI is InChI=1S/C15H16FNS/c1-10-5-6-11(9-13(10)16)17-14-3-2-4-15-12(14)7-8-18-15/h5-9,14,17H,2-4H2,1H3. The van der Waals surface area contributed by atoms with Gasteiger partial charge in [-0.25, -0.2) is 4.39 Å². The second-order valence-corrected chi connectivity index (χ2v) is 5.85. The van der Waals surface area contributed by atoms with Gasteiger partial charge < -0.3 is 5.32 Å². The first-order valence-electron chi connectivity index (χ1n) is 6.33. The molecule has 0 fully saturated rings. The first kappa shape index (κ1) is 11.7. The highest BCUT2D eigenvalue weighted by atomic mass is 32.1. The summed E-state index contributed by atoms with van der Waals surface area (Å²) in [5, 5.41) is 5.61. The number of thiophene rings is 1. The van der Waals surface area contributed by atoms with Crippen LogP contribution in [0.25, 0.3) is 0 Å². The van der Waals surface area contributed by atoms with Crippen LogP contribution in [0.3, 0.4) is 0 Å². The number of nitrogens with one attached hydrogen (secondary N) is 1. The Kier molecular flexibility index (Phi) is 3.08. The molecule has 0 bridgehead atoms. The van der Waals surface area contributed by atoms with Crippen molar-refractivity contribution in [2.24, 2.45) is 0 Å². The third kappa shape index (κ3) is 2.15. The Balaban J connectivity index is 1.84. The van der Waals surface area contributed by atoms with Crippen LogP contribution >= 0.6 is 11.3 Å². The minimum Gasteiger partial charge on any atom is -0.378 e. The largest absolute Gasteiger partial charge is 0.378 e. The molecule has 0 spiro atoms. The summed E-state index contributed by atoms with van der Waals surface area (Å²) in [4.78, 5) is 1.48. The van der Waals surface area contributed by atoms with Gasteiger partial charge in [-0.2, -0.15) is 0 Å². The van der Waals surface area contributed by atoms with Gasteiger partial charge in [-0.05, 0) is 60.9 Å². The molecule has 0 saturated carbocycles. The van der Waals surface area contributed by atoms with Gasteiger partial charge >= 0.3 is 0 Å². The summed E-state index contributed by atoms with van der Waals surface area (Å²) in [6, 6.07) is 7.91. The monoisotopic (exact) mass is 261 g/mol. The second-order valence-electron chi connectivity index (χ2n) is 4.85. The zero-order valence-corrected chi connectivity index (χ0v) is 11.2. The Morgan fingerprint density at radius 3 is 3.06 bits per heavy atom. The molecule has 1 aromatic carbocycles. The molecule has 0 radical (unpaired) electrons. The fourth-order valence-electron chi connectivity index (χ4n) is 2.52. The number of hydrogen-bond donors (Lipinski definition) is 1. The van der Waals surface area contributed by atoms with Gasteiger partial charge in [-0.1, -0.05) is 6.07 Å². The summed E-state index contributed by atoms with van der Waals surface area (Å²) in [6.45, 7) is 1.79. The third-order valence-electron chi connectivity index (χ3n) is 3.56. The van der Waals surface area contributed by atoms with Crippen molar-refractivity contribution < 1.29 is 4.39 Å². The summed E-state index contributed by atoms with van der Waals surface area (Å²) < 4.78 is 13.5. The first-order chi connectivity index (χ1) is 8.74. The lowest BCUT2D eigenvalue weighted by Crippen LogP contribution is -2.15. The van der Waals surface area contributed by atoms with Gasteiger partial charge in [-0.15, -0.1) is 11.3 Å². The number of benzene rings is 1. The van der Waals surface area contributed by atoms with Crippen LogP contribution < -0.4 is 5.32 Å². The first-order valence-corrected chi connectivity index (χ1v) is 7.21. The van der Waals surface area contributed by atoms with Crippen LogP contribution in [0.4, 0.5) is 10.1 Å². The normalized spacial score (nSPS) is 18.4. The highest BCUT2D eigenvalue weighted by molar-refractivity contribution is 7.10. The van der Waals surface area contributed by atoms with Crippen LogP contribution in [0.5, 0.6) is 0 Å². The van der Waals surface area contributed by atoms with Crippen molar-refractivity contribution in [3.05, 3.63) is 51.5 Å². The van der Waals surface area contributed by atoms with E-state index in [0.29, 0.717) is 11.6 Å². The molecule has 3 heteroatoms. The Labute approximate surface area is 111 Å². The number of rotatable bonds is 2. The van der Waals surface area contributed by atoms with Gasteiger partial charge in [0.05, 0.1) is 6.04 Å². The smallest absolute Gasteiger partial charge is 0.128 e. The maximum atomic E-state index is 13.5. The molecule has 1 aliphatic carbocycles. The Morgan fingerprint density at radius 2 is 2.22 bits per heavy atom. The van der Waals surface area contributed by atoms with Gasteiger partial charge in [0.1, 0.15) is 5.82 Å². The molecule has 2 aromatic rings. The fourth-order valence-corrected chi connectivity index (χ4v) is 3.51. The molecule has 1 heterocycles. The average Bonchev–Trinajstić information content (AvgIpc) is 2.83. The number of halogens is 1. The number of fused-ring (bicyclic) bond motifs is 1. The van der Waals surface area contributed by atoms with Crippen LogP contribution in [-0.4, -0.2) is 0 Å². The maximum absolute atomic E-state index is 13.5. The highest BCUT2D eigenvalue weighted by Crippen LogP contribution is 2.35. The quantitative estimate of drug-likeness (QED) is 0.827. The van der Waals surface area contributed by atoms with Crippen molar-refractivity contribution in [3.63, 3.8) is 0 Å². The number of hydrogen-bond acceptors (Lipinski definition) is 2. The minimum atomic E-state index is -0.138. The number of aryl methyl sites for hydroxylation is 2. The molecule has 1 unspecified atom stereocenters. The minimum absolute atomic E-state index is 0.138. The molecule has 0 aliphatic heterocycles. The van der Waals surface area contributed by atoms with Gasteiger partial charge in [0.15, 0.2) is 0 Å². The van der Waals surface area contributed by atoms with E-state index in [1.54, 1.807) is 13.0 Å². The van der Waals surface area contributed by atoms with E-state index < -0.39 is 0 Å². The Morgan fingerprint density at radius 1 is 1.33 bits per heavy atom. The van der Waals surface area contributed by atoms with E-state index in [9.17, 15) is 4.39 Å². The predicted molar refractivity (Wildman–Crippen MR) is 74.8 cm³/mol. The molecule has 3 rings (SSSR count). The Bertz CT molecular complexity index is 561. The van der Waals surface area contributed by atoms with Crippen LogP contribution in [-0.2, 0) is 6.42 Å². The molecular weight excluding hydrogens is 245 g/mol. The molecule has 0 amide bonds. The van der Waals surface area contributed by atoms with Crippen molar-refractivity contribution in [3.8, 4) is 0 Å². The molecule has 94 valence electrons. The maximum Gasteiger partial charge on any atom is 0.128 e. The lowest BCUT2D eigenvalue weighted by Gasteiger charge is -2.24. The van der Waals surface area contributed by atoms with Crippen LogP contribution in [0.15, 0.2) is 29.6 Å². The summed E-state index contributed by atoms with van der Waals surface area (Å²) in [6.07, 6.45) is 3.52. The zero-order chi connectivity index (χ0) is 12.5. The van der Waals surface area contributed by atoms with E-state index in [-0.39, 0.29) is 5.82 Å². The van der Waals surface area contributed by atoms with Crippen molar-refractivity contribution in [1.29, 1.82) is 0 Å². The molecule has 18 heavy (non-hydrogen) atoms. The van der Waals surface area contributed by atoms with E-state index in [1.807, 2.05) is 23.5 Å². The highest BCUT2D eigenvalue weighted by Gasteiger charge is 2.20. The van der Waals surface area contributed by atoms with Crippen molar-refractivity contribution >= 4 is 17.0 Å². The molecule has 1 N–H and O–H groups in total. The van der Waals surface area contributed by atoms with Crippen LogP contribution in [0.1, 0.15) is 34.9 Å². The van der Waals surface area contributed by atoms with E-state index in [4.69, 9.17) is 0 Å². The van der Waals surface area contributed by atoms with Crippen molar-refractivity contribution in [2.75, 3.05) is 5.32 Å². The second kappa shape index (κ2) is 4.73. The van der Waals surface area contributed by atoms with E-state index in [0.717, 1.165) is 12.1 Å². The predicted octanol–water partition coefficient (Wildman–Crippen LogP) is 4.69. The van der Waals surface area contributed by atoms with E-state index in [1.165, 1.54) is 23.3 Å². The lowest BCUT2D eigenvalue weighted by molar-refractivity contribution is 0.603. The molecule has 1 atom stereocenters. The SMILES string of the molecule is Cc1ccc(NC2CCCc3sccc32)cc1F. The lowest BCUT2D eigenvalue weighted by atomic mass is 9.94. The molecular formula is C15H16FNS. The molecule has 1 aliphatic rings. The Hall–Kier alpha value is -1.35. The number of anilines is 1. The fraction of sp³-hybridized carbons (Fsp3) is 0.333. The van der Waals surface area contributed by atoms with Crippen LogP contribution in [0, 0.1) is 12.7 Å². The summed E-state index contributed by atoms with van der Waals surface area (Å²) in [7, 11) is 0. The summed E-state index contributed by atoms with van der Waals surface area (Å²) in [5.74, 6) is -0.138.